The van der Waals surface area contributed by atoms with Gasteiger partial charge in [0.05, 0.1) is 6.10 Å². The van der Waals surface area contributed by atoms with Gasteiger partial charge in [0.15, 0.2) is 0 Å². The minimum absolute atomic E-state index is 0.153. The molecule has 3 heteroatoms. The van der Waals surface area contributed by atoms with Crippen molar-refractivity contribution < 1.29 is 9.90 Å². The maximum absolute atomic E-state index is 11.8. The van der Waals surface area contributed by atoms with E-state index in [0.29, 0.717) is 19.5 Å². The van der Waals surface area contributed by atoms with Gasteiger partial charge in [-0.25, -0.2) is 0 Å². The number of β-amino-alcohol motifs (C(OH)–C–C–N with tert-alkyl or cyclic N) is 1. The largest absolute Gasteiger partial charge is 0.391 e. The van der Waals surface area contributed by atoms with Crippen LogP contribution >= 0.6 is 0 Å². The molecule has 16 heavy (non-hydrogen) atoms. The van der Waals surface area contributed by atoms with E-state index in [2.05, 4.69) is 0 Å². The lowest BCUT2D eigenvalue weighted by atomic mass is 10.2. The van der Waals surface area contributed by atoms with E-state index in [1.54, 1.807) is 4.90 Å². The standard InChI is InChI=1S/C13H17NO2/c15-12-7-4-8-13(16)14(10-12)9-11-5-2-1-3-6-11/h1-3,5-6,12,15H,4,7-10H2/t12-/m0/s1. The van der Waals surface area contributed by atoms with E-state index in [1.807, 2.05) is 30.3 Å². The molecule has 0 spiro atoms. The summed E-state index contributed by atoms with van der Waals surface area (Å²) >= 11 is 0. The maximum Gasteiger partial charge on any atom is 0.222 e. The second kappa shape index (κ2) is 5.12. The predicted molar refractivity (Wildman–Crippen MR) is 61.7 cm³/mol. The molecule has 1 atom stereocenters. The van der Waals surface area contributed by atoms with Crippen molar-refractivity contribution in [3.05, 3.63) is 35.9 Å². The molecule has 1 fully saturated rings. The molecule has 1 saturated heterocycles. The number of hydrogen-bond donors (Lipinski definition) is 1. The normalized spacial score (nSPS) is 21.9. The summed E-state index contributed by atoms with van der Waals surface area (Å²) in [5.41, 5.74) is 1.12. The highest BCUT2D eigenvalue weighted by Crippen LogP contribution is 2.14. The number of amides is 1. The van der Waals surface area contributed by atoms with Crippen LogP contribution in [0.1, 0.15) is 24.8 Å². The Hall–Kier alpha value is -1.35. The highest BCUT2D eigenvalue weighted by molar-refractivity contribution is 5.76. The predicted octanol–water partition coefficient (Wildman–Crippen LogP) is 1.56. The Morgan fingerprint density at radius 1 is 1.31 bits per heavy atom. The van der Waals surface area contributed by atoms with Gasteiger partial charge >= 0.3 is 0 Å². The molecule has 1 N–H and O–H groups in total. The molecular weight excluding hydrogens is 202 g/mol. The average molecular weight is 219 g/mol. The lowest BCUT2D eigenvalue weighted by Crippen LogP contribution is -2.34. The quantitative estimate of drug-likeness (QED) is 0.820. The van der Waals surface area contributed by atoms with Crippen molar-refractivity contribution in [3.63, 3.8) is 0 Å². The Balaban J connectivity index is 2.04. The zero-order valence-corrected chi connectivity index (χ0v) is 9.30. The van der Waals surface area contributed by atoms with Gasteiger partial charge in [0, 0.05) is 19.5 Å². The maximum atomic E-state index is 11.8. The van der Waals surface area contributed by atoms with Gasteiger partial charge in [-0.15, -0.1) is 0 Å². The van der Waals surface area contributed by atoms with Crippen LogP contribution in [0.25, 0.3) is 0 Å². The lowest BCUT2D eigenvalue weighted by molar-refractivity contribution is -0.132. The van der Waals surface area contributed by atoms with Crippen molar-refractivity contribution in [1.29, 1.82) is 0 Å². The highest BCUT2D eigenvalue weighted by atomic mass is 16.3. The molecule has 2 rings (SSSR count). The fourth-order valence-corrected chi connectivity index (χ4v) is 2.05. The molecule has 0 aliphatic carbocycles. The van der Waals surface area contributed by atoms with Crippen molar-refractivity contribution in [2.45, 2.75) is 31.9 Å². The summed E-state index contributed by atoms with van der Waals surface area (Å²) in [6.45, 7) is 1.07. The van der Waals surface area contributed by atoms with Gasteiger partial charge in [-0.3, -0.25) is 4.79 Å². The summed E-state index contributed by atoms with van der Waals surface area (Å²) in [6, 6.07) is 9.90. The van der Waals surface area contributed by atoms with Crippen LogP contribution in [0.5, 0.6) is 0 Å². The Kier molecular flexibility index (Phi) is 3.57. The van der Waals surface area contributed by atoms with Crippen LogP contribution in [0.3, 0.4) is 0 Å². The molecule has 86 valence electrons. The summed E-state index contributed by atoms with van der Waals surface area (Å²) in [6.07, 6.45) is 1.72. The summed E-state index contributed by atoms with van der Waals surface area (Å²) in [4.78, 5) is 13.5. The van der Waals surface area contributed by atoms with Gasteiger partial charge in [0.25, 0.3) is 0 Å². The van der Waals surface area contributed by atoms with Crippen molar-refractivity contribution in [3.8, 4) is 0 Å². The molecule has 0 saturated carbocycles. The van der Waals surface area contributed by atoms with Crippen LogP contribution in [0.4, 0.5) is 0 Å². The number of likely N-dealkylation sites (tertiary alicyclic amines) is 1. The molecular formula is C13H17NO2. The number of carbonyl (C=O) groups excluding carboxylic acids is 1. The van der Waals surface area contributed by atoms with Crippen LogP contribution in [-0.4, -0.2) is 28.6 Å². The van der Waals surface area contributed by atoms with E-state index in [9.17, 15) is 9.90 Å². The molecule has 1 aliphatic heterocycles. The first-order valence-electron chi connectivity index (χ1n) is 5.75. The van der Waals surface area contributed by atoms with Crippen molar-refractivity contribution in [1.82, 2.24) is 4.90 Å². The third-order valence-electron chi connectivity index (χ3n) is 2.93. The monoisotopic (exact) mass is 219 g/mol. The third-order valence-corrected chi connectivity index (χ3v) is 2.93. The minimum atomic E-state index is -0.366. The molecule has 0 unspecified atom stereocenters. The zero-order valence-electron chi connectivity index (χ0n) is 9.30. The number of benzene rings is 1. The Morgan fingerprint density at radius 2 is 2.06 bits per heavy atom. The summed E-state index contributed by atoms with van der Waals surface area (Å²) in [7, 11) is 0. The first-order chi connectivity index (χ1) is 7.75. The third kappa shape index (κ3) is 2.83. The van der Waals surface area contributed by atoms with Gasteiger partial charge in [0.1, 0.15) is 0 Å². The van der Waals surface area contributed by atoms with E-state index in [-0.39, 0.29) is 12.0 Å². The van der Waals surface area contributed by atoms with E-state index in [4.69, 9.17) is 0 Å². The SMILES string of the molecule is O=C1CCC[C@H](O)CN1Cc1ccccc1. The van der Waals surface area contributed by atoms with Gasteiger partial charge in [-0.05, 0) is 18.4 Å². The Labute approximate surface area is 95.7 Å². The van der Waals surface area contributed by atoms with Crippen LogP contribution in [-0.2, 0) is 11.3 Å². The van der Waals surface area contributed by atoms with E-state index < -0.39 is 0 Å². The van der Waals surface area contributed by atoms with Crippen molar-refractivity contribution in [2.24, 2.45) is 0 Å². The summed E-state index contributed by atoms with van der Waals surface area (Å²) < 4.78 is 0. The average Bonchev–Trinajstić information content (AvgIpc) is 2.43. The van der Waals surface area contributed by atoms with Gasteiger partial charge in [-0.2, -0.15) is 0 Å². The number of aliphatic hydroxyl groups excluding tert-OH is 1. The molecule has 1 heterocycles. The fraction of sp³-hybridized carbons (Fsp3) is 0.462. The van der Waals surface area contributed by atoms with Crippen molar-refractivity contribution >= 4 is 5.91 Å². The molecule has 0 radical (unpaired) electrons. The first-order valence-corrected chi connectivity index (χ1v) is 5.75. The second-order valence-corrected chi connectivity index (χ2v) is 4.31. The van der Waals surface area contributed by atoms with Gasteiger partial charge in [-0.1, -0.05) is 30.3 Å². The van der Waals surface area contributed by atoms with Crippen molar-refractivity contribution in [2.75, 3.05) is 6.54 Å². The number of hydrogen-bond acceptors (Lipinski definition) is 2. The molecule has 0 aromatic heterocycles. The highest BCUT2D eigenvalue weighted by Gasteiger charge is 2.21. The Bertz CT molecular complexity index is 350. The van der Waals surface area contributed by atoms with Gasteiger partial charge in [0.2, 0.25) is 5.91 Å². The Morgan fingerprint density at radius 3 is 2.81 bits per heavy atom. The molecule has 1 aromatic rings. The number of nitrogens with zero attached hydrogens (tertiary/aromatic N) is 1. The van der Waals surface area contributed by atoms with E-state index >= 15 is 0 Å². The van der Waals surface area contributed by atoms with Crippen LogP contribution in [0, 0.1) is 0 Å². The molecule has 1 amide bonds. The number of aliphatic hydroxyl groups is 1. The van der Waals surface area contributed by atoms with Crippen LogP contribution in [0.2, 0.25) is 0 Å². The lowest BCUT2D eigenvalue weighted by Gasteiger charge is -2.22. The van der Waals surface area contributed by atoms with E-state index in [0.717, 1.165) is 18.4 Å². The fourth-order valence-electron chi connectivity index (χ4n) is 2.05. The zero-order chi connectivity index (χ0) is 11.4. The smallest absolute Gasteiger partial charge is 0.222 e. The van der Waals surface area contributed by atoms with Crippen LogP contribution in [0.15, 0.2) is 30.3 Å². The van der Waals surface area contributed by atoms with Crippen LogP contribution < -0.4 is 0 Å². The molecule has 1 aliphatic rings. The molecule has 3 nitrogen and oxygen atoms in total. The first kappa shape index (κ1) is 11.1. The molecule has 0 bridgehead atoms. The topological polar surface area (TPSA) is 40.5 Å². The minimum Gasteiger partial charge on any atom is -0.391 e. The van der Waals surface area contributed by atoms with E-state index in [1.165, 1.54) is 0 Å². The molecule has 1 aromatic carbocycles. The number of rotatable bonds is 2. The van der Waals surface area contributed by atoms with Gasteiger partial charge < -0.3 is 10.0 Å². The summed E-state index contributed by atoms with van der Waals surface area (Å²) in [5.74, 6) is 0.153. The number of carbonyl (C=O) groups is 1. The second-order valence-electron chi connectivity index (χ2n) is 4.31. The summed E-state index contributed by atoms with van der Waals surface area (Å²) in [5, 5.41) is 9.66.